The number of aryl methyl sites for hydroxylation is 2. The van der Waals surface area contributed by atoms with E-state index in [4.69, 9.17) is 4.74 Å². The van der Waals surface area contributed by atoms with Gasteiger partial charge in [0.2, 0.25) is 11.8 Å². The van der Waals surface area contributed by atoms with E-state index in [1.54, 1.807) is 24.3 Å². The molecule has 0 atom stereocenters. The number of amides is 2. The molecule has 5 nitrogen and oxygen atoms in total. The van der Waals surface area contributed by atoms with Crippen LogP contribution < -0.4 is 15.0 Å². The molecule has 2 aromatic carbocycles. The van der Waals surface area contributed by atoms with E-state index < -0.39 is 0 Å². The number of nitrogens with one attached hydrogen (secondary N) is 1. The minimum Gasteiger partial charge on any atom is -0.491 e. The lowest BCUT2D eigenvalue weighted by Crippen LogP contribution is -2.36. The summed E-state index contributed by atoms with van der Waals surface area (Å²) in [6.45, 7) is 9.25. The minimum atomic E-state index is -0.241. The summed E-state index contributed by atoms with van der Waals surface area (Å²) in [5.74, 6) is 0.292. The van der Waals surface area contributed by atoms with E-state index in [9.17, 15) is 9.59 Å². The van der Waals surface area contributed by atoms with Crippen molar-refractivity contribution in [1.29, 1.82) is 0 Å². The highest BCUT2D eigenvalue weighted by Gasteiger charge is 2.16. The van der Waals surface area contributed by atoms with Gasteiger partial charge in [0.1, 0.15) is 12.3 Å². The van der Waals surface area contributed by atoms with Gasteiger partial charge in [-0.3, -0.25) is 9.59 Å². The highest BCUT2D eigenvalue weighted by molar-refractivity contribution is 6.02. The van der Waals surface area contributed by atoms with Crippen molar-refractivity contribution in [1.82, 2.24) is 0 Å². The first-order valence-corrected chi connectivity index (χ1v) is 8.68. The summed E-state index contributed by atoms with van der Waals surface area (Å²) in [6.07, 6.45) is 0.0771. The van der Waals surface area contributed by atoms with Crippen LogP contribution >= 0.6 is 0 Å². The Morgan fingerprint density at radius 2 is 1.73 bits per heavy atom. The van der Waals surface area contributed by atoms with Crippen molar-refractivity contribution < 1.29 is 14.3 Å². The second-order valence-corrected chi connectivity index (χ2v) is 6.63. The van der Waals surface area contributed by atoms with Crippen LogP contribution in [0, 0.1) is 13.8 Å². The Morgan fingerprint density at radius 1 is 1.08 bits per heavy atom. The summed E-state index contributed by atoms with van der Waals surface area (Å²) in [5, 5.41) is 2.87. The number of hydrogen-bond donors (Lipinski definition) is 1. The Bertz CT molecular complexity index is 782. The maximum atomic E-state index is 12.4. The standard InChI is InChI=1S/C21H26N2O3/c1-14(2)26-19-9-7-18(8-10-19)23(17(5)24)13-21(25)22-20-11-6-15(3)12-16(20)4/h6-12,14H,13H2,1-5H3,(H,22,25). The molecule has 26 heavy (non-hydrogen) atoms. The number of rotatable bonds is 6. The van der Waals surface area contributed by atoms with Crippen LogP contribution in [0.4, 0.5) is 11.4 Å². The van der Waals surface area contributed by atoms with Crippen LogP contribution in [0.25, 0.3) is 0 Å². The average Bonchev–Trinajstić information content (AvgIpc) is 2.55. The molecular weight excluding hydrogens is 328 g/mol. The second kappa shape index (κ2) is 8.52. The zero-order valence-electron chi connectivity index (χ0n) is 16.0. The molecule has 2 amide bonds. The maximum absolute atomic E-state index is 12.4. The van der Waals surface area contributed by atoms with Crippen LogP contribution in [0.2, 0.25) is 0 Å². The van der Waals surface area contributed by atoms with Crippen molar-refractivity contribution in [3.05, 3.63) is 53.6 Å². The molecule has 0 aliphatic carbocycles. The Kier molecular flexibility index (Phi) is 6.39. The quantitative estimate of drug-likeness (QED) is 0.850. The molecule has 2 aromatic rings. The summed E-state index contributed by atoms with van der Waals surface area (Å²) in [5.41, 5.74) is 3.53. The number of hydrogen-bond acceptors (Lipinski definition) is 3. The van der Waals surface area contributed by atoms with Gasteiger partial charge < -0.3 is 15.0 Å². The first-order valence-electron chi connectivity index (χ1n) is 8.68. The Labute approximate surface area is 155 Å². The molecule has 5 heteroatoms. The molecular formula is C21H26N2O3. The zero-order valence-corrected chi connectivity index (χ0v) is 16.0. The van der Waals surface area contributed by atoms with Crippen molar-refractivity contribution in [3.63, 3.8) is 0 Å². The van der Waals surface area contributed by atoms with E-state index in [2.05, 4.69) is 5.32 Å². The number of carbonyl (C=O) groups is 2. The topological polar surface area (TPSA) is 58.6 Å². The monoisotopic (exact) mass is 354 g/mol. The van der Waals surface area contributed by atoms with Crippen LogP contribution in [-0.4, -0.2) is 24.5 Å². The van der Waals surface area contributed by atoms with Gasteiger partial charge in [0.05, 0.1) is 6.10 Å². The van der Waals surface area contributed by atoms with Gasteiger partial charge in [0.15, 0.2) is 0 Å². The molecule has 0 bridgehead atoms. The van der Waals surface area contributed by atoms with Gasteiger partial charge >= 0.3 is 0 Å². The van der Waals surface area contributed by atoms with E-state index in [0.717, 1.165) is 22.6 Å². The van der Waals surface area contributed by atoms with E-state index in [1.807, 2.05) is 45.9 Å². The molecule has 0 aromatic heterocycles. The molecule has 0 saturated carbocycles. The summed E-state index contributed by atoms with van der Waals surface area (Å²) in [6, 6.07) is 13.0. The number of nitrogens with zero attached hydrogens (tertiary/aromatic N) is 1. The van der Waals surface area contributed by atoms with E-state index in [1.165, 1.54) is 11.8 Å². The molecule has 0 aliphatic heterocycles. The van der Waals surface area contributed by atoms with Gasteiger partial charge in [-0.25, -0.2) is 0 Å². The van der Waals surface area contributed by atoms with Crippen molar-refractivity contribution >= 4 is 23.2 Å². The molecule has 0 heterocycles. The fraction of sp³-hybridized carbons (Fsp3) is 0.333. The van der Waals surface area contributed by atoms with Gasteiger partial charge in [-0.15, -0.1) is 0 Å². The second-order valence-electron chi connectivity index (χ2n) is 6.63. The molecule has 0 fully saturated rings. The third-order valence-electron chi connectivity index (χ3n) is 3.86. The van der Waals surface area contributed by atoms with E-state index in [-0.39, 0.29) is 24.5 Å². The summed E-state index contributed by atoms with van der Waals surface area (Å²) in [7, 11) is 0. The van der Waals surface area contributed by atoms with Crippen molar-refractivity contribution in [2.75, 3.05) is 16.8 Å². The maximum Gasteiger partial charge on any atom is 0.244 e. The fourth-order valence-electron chi connectivity index (χ4n) is 2.65. The Balaban J connectivity index is 2.09. The largest absolute Gasteiger partial charge is 0.491 e. The Morgan fingerprint density at radius 3 is 2.27 bits per heavy atom. The van der Waals surface area contributed by atoms with Crippen LogP contribution in [-0.2, 0) is 9.59 Å². The van der Waals surface area contributed by atoms with Crippen LogP contribution in [0.3, 0.4) is 0 Å². The summed E-state index contributed by atoms with van der Waals surface area (Å²) < 4.78 is 5.61. The highest BCUT2D eigenvalue weighted by atomic mass is 16.5. The number of ether oxygens (including phenoxy) is 1. The predicted molar refractivity (Wildman–Crippen MR) is 105 cm³/mol. The van der Waals surface area contributed by atoms with Gasteiger partial charge in [-0.05, 0) is 63.6 Å². The van der Waals surface area contributed by atoms with E-state index >= 15 is 0 Å². The SMILES string of the molecule is CC(=O)N(CC(=O)Nc1ccc(C)cc1C)c1ccc(OC(C)C)cc1. The van der Waals surface area contributed by atoms with Gasteiger partial charge in [0.25, 0.3) is 0 Å². The summed E-state index contributed by atoms with van der Waals surface area (Å²) in [4.78, 5) is 25.9. The molecule has 0 radical (unpaired) electrons. The average molecular weight is 354 g/mol. The lowest BCUT2D eigenvalue weighted by atomic mass is 10.1. The number of carbonyl (C=O) groups excluding carboxylic acids is 2. The fourth-order valence-corrected chi connectivity index (χ4v) is 2.65. The lowest BCUT2D eigenvalue weighted by molar-refractivity contribution is -0.120. The molecule has 138 valence electrons. The first-order chi connectivity index (χ1) is 12.3. The third kappa shape index (κ3) is 5.34. The Hall–Kier alpha value is -2.82. The predicted octanol–water partition coefficient (Wildman–Crippen LogP) is 4.08. The summed E-state index contributed by atoms with van der Waals surface area (Å²) >= 11 is 0. The van der Waals surface area contributed by atoms with Gasteiger partial charge in [-0.2, -0.15) is 0 Å². The van der Waals surface area contributed by atoms with Gasteiger partial charge in [-0.1, -0.05) is 17.7 Å². The smallest absolute Gasteiger partial charge is 0.244 e. The van der Waals surface area contributed by atoms with Crippen molar-refractivity contribution in [2.24, 2.45) is 0 Å². The normalized spacial score (nSPS) is 10.5. The number of benzene rings is 2. The van der Waals surface area contributed by atoms with Gasteiger partial charge in [0, 0.05) is 18.3 Å². The van der Waals surface area contributed by atoms with Crippen LogP contribution in [0.15, 0.2) is 42.5 Å². The zero-order chi connectivity index (χ0) is 19.3. The molecule has 0 saturated heterocycles. The molecule has 0 spiro atoms. The van der Waals surface area contributed by atoms with Crippen LogP contribution in [0.1, 0.15) is 31.9 Å². The van der Waals surface area contributed by atoms with Crippen molar-refractivity contribution in [2.45, 2.75) is 40.7 Å². The number of anilines is 2. The first kappa shape index (κ1) is 19.5. The third-order valence-corrected chi connectivity index (χ3v) is 3.86. The van der Waals surface area contributed by atoms with Crippen LogP contribution in [0.5, 0.6) is 5.75 Å². The van der Waals surface area contributed by atoms with E-state index in [0.29, 0.717) is 5.69 Å². The highest BCUT2D eigenvalue weighted by Crippen LogP contribution is 2.21. The minimum absolute atomic E-state index is 0.0486. The molecule has 1 N–H and O–H groups in total. The molecule has 2 rings (SSSR count). The van der Waals surface area contributed by atoms with Crippen molar-refractivity contribution in [3.8, 4) is 5.75 Å². The molecule has 0 aliphatic rings. The molecule has 0 unspecified atom stereocenters. The lowest BCUT2D eigenvalue weighted by Gasteiger charge is -2.21.